The molecule has 0 bridgehead atoms. The van der Waals surface area contributed by atoms with Gasteiger partial charge in [-0.25, -0.2) is 13.9 Å². The highest BCUT2D eigenvalue weighted by atomic mass is 19.1. The summed E-state index contributed by atoms with van der Waals surface area (Å²) < 4.78 is 16.9. The summed E-state index contributed by atoms with van der Waals surface area (Å²) in [5.41, 5.74) is 0.592. The van der Waals surface area contributed by atoms with Gasteiger partial charge in [-0.1, -0.05) is 0 Å². The Kier molecular flexibility index (Phi) is 4.06. The highest BCUT2D eigenvalue weighted by Gasteiger charge is 2.23. The lowest BCUT2D eigenvalue weighted by molar-refractivity contribution is 0.207. The molecule has 1 unspecified atom stereocenters. The van der Waals surface area contributed by atoms with Crippen LogP contribution in [0.4, 0.5) is 4.39 Å². The summed E-state index contributed by atoms with van der Waals surface area (Å²) in [4.78, 5) is 17.9. The second-order valence-corrected chi connectivity index (χ2v) is 5.84. The first kappa shape index (κ1) is 14.9. The Balaban J connectivity index is 1.70. The average molecular weight is 305 g/mol. The molecule has 118 valence electrons. The number of fused-ring (bicyclic) bond motifs is 1. The number of aryl methyl sites for hydroxylation is 2. The molecule has 0 saturated carbocycles. The summed E-state index contributed by atoms with van der Waals surface area (Å²) >= 11 is 0. The molecule has 1 aliphatic heterocycles. The van der Waals surface area contributed by atoms with E-state index in [4.69, 9.17) is 0 Å². The van der Waals surface area contributed by atoms with E-state index in [0.717, 1.165) is 25.1 Å². The summed E-state index contributed by atoms with van der Waals surface area (Å²) in [6, 6.07) is 2.02. The Labute approximate surface area is 128 Å². The molecule has 2 aromatic rings. The maximum atomic E-state index is 13.7. The molecule has 0 fully saturated rings. The average Bonchev–Trinajstić information content (AvgIpc) is 2.66. The van der Waals surface area contributed by atoms with E-state index in [0.29, 0.717) is 24.7 Å². The fourth-order valence-corrected chi connectivity index (χ4v) is 3.05. The lowest BCUT2D eigenvalue weighted by Gasteiger charge is -2.26. The van der Waals surface area contributed by atoms with E-state index in [-0.39, 0.29) is 11.5 Å². The molecule has 6 nitrogen and oxygen atoms in total. The SMILES string of the molecule is CN(Cc1ccncc1F)C1CCc2nn(C)c(=O)n2CC1. The number of pyridine rings is 1. The molecule has 0 aliphatic carbocycles. The van der Waals surface area contributed by atoms with Crippen molar-refractivity contribution in [3.63, 3.8) is 0 Å². The Hall–Kier alpha value is -2.02. The van der Waals surface area contributed by atoms with Gasteiger partial charge in [0.15, 0.2) is 0 Å². The fourth-order valence-electron chi connectivity index (χ4n) is 3.05. The van der Waals surface area contributed by atoms with E-state index < -0.39 is 0 Å². The van der Waals surface area contributed by atoms with E-state index in [1.54, 1.807) is 23.9 Å². The van der Waals surface area contributed by atoms with Gasteiger partial charge in [0.1, 0.15) is 11.6 Å². The quantitative estimate of drug-likeness (QED) is 0.847. The van der Waals surface area contributed by atoms with Crippen LogP contribution in [0.15, 0.2) is 23.3 Å². The van der Waals surface area contributed by atoms with Crippen LogP contribution in [-0.4, -0.2) is 37.3 Å². The van der Waals surface area contributed by atoms with E-state index in [9.17, 15) is 9.18 Å². The van der Waals surface area contributed by atoms with Gasteiger partial charge in [-0.2, -0.15) is 5.10 Å². The maximum Gasteiger partial charge on any atom is 0.345 e. The third-order valence-corrected chi connectivity index (χ3v) is 4.37. The van der Waals surface area contributed by atoms with Crippen molar-refractivity contribution in [2.75, 3.05) is 7.05 Å². The number of hydrogen-bond donors (Lipinski definition) is 0. The molecule has 3 rings (SSSR count). The van der Waals surface area contributed by atoms with Crippen molar-refractivity contribution >= 4 is 0 Å². The molecule has 7 heteroatoms. The minimum Gasteiger partial charge on any atom is -0.299 e. The van der Waals surface area contributed by atoms with Gasteiger partial charge in [0.05, 0.1) is 6.20 Å². The third kappa shape index (κ3) is 2.81. The largest absolute Gasteiger partial charge is 0.345 e. The van der Waals surface area contributed by atoms with Gasteiger partial charge in [0.25, 0.3) is 0 Å². The number of rotatable bonds is 3. The van der Waals surface area contributed by atoms with Crippen molar-refractivity contribution in [1.82, 2.24) is 24.2 Å². The van der Waals surface area contributed by atoms with Crippen LogP contribution in [0.2, 0.25) is 0 Å². The summed E-state index contributed by atoms with van der Waals surface area (Å²) in [5, 5.41) is 4.28. The van der Waals surface area contributed by atoms with Crippen LogP contribution in [0.25, 0.3) is 0 Å². The van der Waals surface area contributed by atoms with Crippen molar-refractivity contribution in [1.29, 1.82) is 0 Å². The van der Waals surface area contributed by atoms with E-state index in [1.807, 2.05) is 7.05 Å². The van der Waals surface area contributed by atoms with Gasteiger partial charge < -0.3 is 0 Å². The second-order valence-electron chi connectivity index (χ2n) is 5.84. The molecule has 0 spiro atoms. The Morgan fingerprint density at radius 1 is 1.45 bits per heavy atom. The van der Waals surface area contributed by atoms with Crippen LogP contribution < -0.4 is 5.69 Å². The summed E-state index contributed by atoms with van der Waals surface area (Å²) in [7, 11) is 3.68. The lowest BCUT2D eigenvalue weighted by Crippen LogP contribution is -2.32. The normalized spacial score (nSPS) is 18.3. The minimum atomic E-state index is -0.273. The van der Waals surface area contributed by atoms with Gasteiger partial charge in [0, 0.05) is 44.4 Å². The maximum absolute atomic E-state index is 13.7. The van der Waals surface area contributed by atoms with Crippen LogP contribution in [0.1, 0.15) is 24.2 Å². The van der Waals surface area contributed by atoms with Crippen LogP contribution in [0.5, 0.6) is 0 Å². The molecule has 0 saturated heterocycles. The molecule has 1 aliphatic rings. The molecular weight excluding hydrogens is 285 g/mol. The Morgan fingerprint density at radius 2 is 2.27 bits per heavy atom. The van der Waals surface area contributed by atoms with Gasteiger partial charge in [-0.3, -0.25) is 14.5 Å². The van der Waals surface area contributed by atoms with Crippen molar-refractivity contribution in [3.05, 3.63) is 46.1 Å². The zero-order valence-electron chi connectivity index (χ0n) is 12.9. The van der Waals surface area contributed by atoms with Gasteiger partial charge in [-0.05, 0) is 26.0 Å². The zero-order valence-corrected chi connectivity index (χ0v) is 12.9. The summed E-state index contributed by atoms with van der Waals surface area (Å²) in [6.07, 6.45) is 5.40. The highest BCUT2D eigenvalue weighted by Crippen LogP contribution is 2.18. The molecule has 0 amide bonds. The molecule has 0 aromatic carbocycles. The molecule has 1 atom stereocenters. The second kappa shape index (κ2) is 6.00. The molecular formula is C15H20FN5O. The summed E-state index contributed by atoms with van der Waals surface area (Å²) in [5.74, 6) is 0.572. The predicted molar refractivity (Wildman–Crippen MR) is 79.9 cm³/mol. The van der Waals surface area contributed by atoms with Crippen molar-refractivity contribution in [2.24, 2.45) is 7.05 Å². The van der Waals surface area contributed by atoms with E-state index in [1.165, 1.54) is 10.9 Å². The monoisotopic (exact) mass is 305 g/mol. The standard InChI is InChI=1S/C15H20FN5O/c1-19(10-11-5-7-17-9-13(11)16)12-3-4-14-18-20(2)15(22)21(14)8-6-12/h5,7,9,12H,3-4,6,8,10H2,1-2H3. The van der Waals surface area contributed by atoms with E-state index in [2.05, 4.69) is 15.0 Å². The molecule has 3 heterocycles. The zero-order chi connectivity index (χ0) is 15.7. The molecule has 22 heavy (non-hydrogen) atoms. The van der Waals surface area contributed by atoms with Crippen LogP contribution in [0, 0.1) is 5.82 Å². The third-order valence-electron chi connectivity index (χ3n) is 4.37. The molecule has 2 aromatic heterocycles. The van der Waals surface area contributed by atoms with Crippen LogP contribution in [0.3, 0.4) is 0 Å². The number of halogens is 1. The first-order valence-electron chi connectivity index (χ1n) is 7.47. The predicted octanol–water partition coefficient (Wildman–Crippen LogP) is 0.953. The lowest BCUT2D eigenvalue weighted by atomic mass is 10.1. The number of aromatic nitrogens is 4. The van der Waals surface area contributed by atoms with Crippen LogP contribution in [-0.2, 0) is 26.6 Å². The fraction of sp³-hybridized carbons (Fsp3) is 0.533. The number of hydrogen-bond acceptors (Lipinski definition) is 4. The highest BCUT2D eigenvalue weighted by molar-refractivity contribution is 5.12. The van der Waals surface area contributed by atoms with Gasteiger partial charge >= 0.3 is 5.69 Å². The van der Waals surface area contributed by atoms with Gasteiger partial charge in [-0.15, -0.1) is 0 Å². The Bertz CT molecular complexity index is 723. The minimum absolute atomic E-state index is 0.0570. The molecule has 0 N–H and O–H groups in total. The van der Waals surface area contributed by atoms with Crippen LogP contribution >= 0.6 is 0 Å². The van der Waals surface area contributed by atoms with Crippen molar-refractivity contribution in [3.8, 4) is 0 Å². The van der Waals surface area contributed by atoms with Crippen molar-refractivity contribution in [2.45, 2.75) is 38.4 Å². The number of nitrogens with zero attached hydrogens (tertiary/aromatic N) is 5. The first-order chi connectivity index (χ1) is 10.6. The van der Waals surface area contributed by atoms with Gasteiger partial charge in [0.2, 0.25) is 0 Å². The summed E-state index contributed by atoms with van der Waals surface area (Å²) in [6.45, 7) is 1.20. The topological polar surface area (TPSA) is 56.0 Å². The Morgan fingerprint density at radius 3 is 3.05 bits per heavy atom. The molecule has 0 radical (unpaired) electrons. The smallest absolute Gasteiger partial charge is 0.299 e. The first-order valence-corrected chi connectivity index (χ1v) is 7.47. The van der Waals surface area contributed by atoms with E-state index >= 15 is 0 Å². The van der Waals surface area contributed by atoms with Crippen molar-refractivity contribution < 1.29 is 4.39 Å².